The molecular weight excluding hydrogens is 272 g/mol. The molecule has 1 fully saturated rings. The lowest BCUT2D eigenvalue weighted by atomic mass is 10.2. The van der Waals surface area contributed by atoms with E-state index in [1.807, 2.05) is 17.5 Å². The molecule has 0 spiro atoms. The first kappa shape index (κ1) is 15.6. The number of aliphatic hydroxyl groups excluding tert-OH is 1. The Hall–Kier alpha value is -0.750. The maximum Gasteiger partial charge on any atom is 0.172 e. The molecule has 2 heterocycles. The monoisotopic (exact) mass is 296 g/mol. The second kappa shape index (κ2) is 8.52. The van der Waals surface area contributed by atoms with Crippen LogP contribution in [0.1, 0.15) is 28.9 Å². The molecule has 4 nitrogen and oxygen atoms in total. The summed E-state index contributed by atoms with van der Waals surface area (Å²) < 4.78 is 0. The summed E-state index contributed by atoms with van der Waals surface area (Å²) in [6.45, 7) is 6.29. The van der Waals surface area contributed by atoms with Gasteiger partial charge in [-0.2, -0.15) is 0 Å². The van der Waals surface area contributed by atoms with Gasteiger partial charge in [0.2, 0.25) is 0 Å². The lowest BCUT2D eigenvalue weighted by molar-refractivity contribution is 0.0978. The fourth-order valence-electron chi connectivity index (χ4n) is 2.64. The first-order valence-electron chi connectivity index (χ1n) is 7.42. The molecule has 0 aliphatic carbocycles. The number of hydrogen-bond acceptors (Lipinski definition) is 5. The minimum Gasteiger partial charge on any atom is -0.395 e. The molecule has 0 aromatic carbocycles. The van der Waals surface area contributed by atoms with Gasteiger partial charge in [0.05, 0.1) is 11.5 Å². The van der Waals surface area contributed by atoms with Crippen molar-refractivity contribution in [3.05, 3.63) is 22.4 Å². The summed E-state index contributed by atoms with van der Waals surface area (Å²) >= 11 is 1.53. The van der Waals surface area contributed by atoms with E-state index in [0.717, 1.165) is 57.0 Å². The number of aliphatic hydroxyl groups is 1. The van der Waals surface area contributed by atoms with E-state index in [4.69, 9.17) is 5.11 Å². The Morgan fingerprint density at radius 3 is 2.60 bits per heavy atom. The van der Waals surface area contributed by atoms with Crippen molar-refractivity contribution in [1.82, 2.24) is 9.80 Å². The molecule has 0 saturated carbocycles. The molecule has 1 saturated heterocycles. The number of hydrogen-bond donors (Lipinski definition) is 1. The molecule has 0 amide bonds. The predicted molar refractivity (Wildman–Crippen MR) is 82.5 cm³/mol. The highest BCUT2D eigenvalue weighted by atomic mass is 32.1. The molecule has 1 aliphatic rings. The van der Waals surface area contributed by atoms with E-state index in [0.29, 0.717) is 6.42 Å². The van der Waals surface area contributed by atoms with Crippen molar-refractivity contribution < 1.29 is 9.90 Å². The molecule has 1 aromatic rings. The van der Waals surface area contributed by atoms with Gasteiger partial charge < -0.3 is 10.0 Å². The summed E-state index contributed by atoms with van der Waals surface area (Å²) in [4.78, 5) is 17.6. The molecule has 0 unspecified atom stereocenters. The maximum absolute atomic E-state index is 11.9. The van der Waals surface area contributed by atoms with Gasteiger partial charge in [-0.05, 0) is 43.9 Å². The lowest BCUT2D eigenvalue weighted by Crippen LogP contribution is -2.33. The number of Topliss-reactive ketones (excluding diaryl/α,β-unsaturated/α-hetero) is 1. The third-order valence-electron chi connectivity index (χ3n) is 3.77. The molecule has 0 radical (unpaired) electrons. The minimum atomic E-state index is 0.245. The number of ketones is 1. The summed E-state index contributed by atoms with van der Waals surface area (Å²) in [6, 6.07) is 3.84. The Morgan fingerprint density at radius 1 is 1.20 bits per heavy atom. The van der Waals surface area contributed by atoms with E-state index in [1.54, 1.807) is 0 Å². The molecular formula is C15H24N2O2S. The van der Waals surface area contributed by atoms with Crippen molar-refractivity contribution in [3.63, 3.8) is 0 Å². The van der Waals surface area contributed by atoms with Gasteiger partial charge in [0.1, 0.15) is 0 Å². The number of nitrogens with zero attached hydrogens (tertiary/aromatic N) is 2. The zero-order valence-electron chi connectivity index (χ0n) is 12.0. The van der Waals surface area contributed by atoms with Crippen LogP contribution in [-0.2, 0) is 0 Å². The highest BCUT2D eigenvalue weighted by Gasteiger charge is 2.14. The highest BCUT2D eigenvalue weighted by Crippen LogP contribution is 2.13. The van der Waals surface area contributed by atoms with Crippen LogP contribution in [-0.4, -0.2) is 66.6 Å². The van der Waals surface area contributed by atoms with Crippen LogP contribution in [0.5, 0.6) is 0 Å². The molecule has 20 heavy (non-hydrogen) atoms. The Bertz CT molecular complexity index is 395. The average molecular weight is 296 g/mol. The van der Waals surface area contributed by atoms with Crippen LogP contribution in [0.2, 0.25) is 0 Å². The van der Waals surface area contributed by atoms with Crippen molar-refractivity contribution in [2.75, 3.05) is 45.9 Å². The van der Waals surface area contributed by atoms with Crippen LogP contribution in [0.4, 0.5) is 0 Å². The quantitative estimate of drug-likeness (QED) is 0.778. The van der Waals surface area contributed by atoms with Gasteiger partial charge in [0.25, 0.3) is 0 Å². The number of β-amino-alcohol motifs (C(OH)–C–C–N with tert-alkyl or cyclic N) is 1. The summed E-state index contributed by atoms with van der Waals surface area (Å²) in [7, 11) is 0. The van der Waals surface area contributed by atoms with E-state index in [2.05, 4.69) is 9.80 Å². The average Bonchev–Trinajstić information content (AvgIpc) is 2.89. The SMILES string of the molecule is O=C(CCCN1CCCN(CCO)CC1)c1cccs1. The van der Waals surface area contributed by atoms with Crippen LogP contribution in [0, 0.1) is 0 Å². The molecule has 0 atom stereocenters. The normalized spacial score (nSPS) is 18.1. The van der Waals surface area contributed by atoms with Crippen molar-refractivity contribution in [1.29, 1.82) is 0 Å². The van der Waals surface area contributed by atoms with E-state index in [9.17, 15) is 4.79 Å². The number of thiophene rings is 1. The summed E-state index contributed by atoms with van der Waals surface area (Å²) in [5, 5.41) is 10.9. The third-order valence-corrected chi connectivity index (χ3v) is 4.68. The molecule has 0 bridgehead atoms. The van der Waals surface area contributed by atoms with Gasteiger partial charge in [0.15, 0.2) is 5.78 Å². The third kappa shape index (κ3) is 4.98. The standard InChI is InChI=1S/C15H24N2O2S/c18-12-11-17-8-3-7-16(9-10-17)6-1-4-14(19)15-5-2-13-20-15/h2,5,13,18H,1,3-4,6-12H2. The second-order valence-electron chi connectivity index (χ2n) is 5.26. The van der Waals surface area contributed by atoms with E-state index in [1.165, 1.54) is 11.3 Å². The summed E-state index contributed by atoms with van der Waals surface area (Å²) in [6.07, 6.45) is 2.74. The van der Waals surface area contributed by atoms with Crippen LogP contribution < -0.4 is 0 Å². The van der Waals surface area contributed by atoms with Crippen molar-refractivity contribution >= 4 is 17.1 Å². The number of rotatable bonds is 7. The topological polar surface area (TPSA) is 43.8 Å². The molecule has 1 aliphatic heterocycles. The van der Waals surface area contributed by atoms with Crippen LogP contribution in [0.15, 0.2) is 17.5 Å². The fraction of sp³-hybridized carbons (Fsp3) is 0.667. The number of carbonyl (C=O) groups is 1. The number of carbonyl (C=O) groups excluding carboxylic acids is 1. The molecule has 2 rings (SSSR count). The Labute approximate surface area is 125 Å². The fourth-order valence-corrected chi connectivity index (χ4v) is 3.33. The van der Waals surface area contributed by atoms with Crippen LogP contribution >= 0.6 is 11.3 Å². The van der Waals surface area contributed by atoms with Crippen molar-refractivity contribution in [3.8, 4) is 0 Å². The van der Waals surface area contributed by atoms with Crippen LogP contribution in [0.25, 0.3) is 0 Å². The highest BCUT2D eigenvalue weighted by molar-refractivity contribution is 7.12. The van der Waals surface area contributed by atoms with Crippen molar-refractivity contribution in [2.24, 2.45) is 0 Å². The second-order valence-corrected chi connectivity index (χ2v) is 6.21. The Balaban J connectivity index is 1.65. The zero-order valence-corrected chi connectivity index (χ0v) is 12.8. The smallest absolute Gasteiger partial charge is 0.172 e. The Kier molecular flexibility index (Phi) is 6.66. The lowest BCUT2D eigenvalue weighted by Gasteiger charge is -2.20. The van der Waals surface area contributed by atoms with Gasteiger partial charge in [-0.25, -0.2) is 0 Å². The van der Waals surface area contributed by atoms with Gasteiger partial charge in [0, 0.05) is 26.1 Å². The van der Waals surface area contributed by atoms with E-state index in [-0.39, 0.29) is 12.4 Å². The van der Waals surface area contributed by atoms with Crippen LogP contribution in [0.3, 0.4) is 0 Å². The van der Waals surface area contributed by atoms with Gasteiger partial charge in [-0.15, -0.1) is 11.3 Å². The largest absolute Gasteiger partial charge is 0.395 e. The zero-order chi connectivity index (χ0) is 14.2. The first-order chi connectivity index (χ1) is 9.79. The van der Waals surface area contributed by atoms with Crippen molar-refractivity contribution in [2.45, 2.75) is 19.3 Å². The Morgan fingerprint density at radius 2 is 1.95 bits per heavy atom. The van der Waals surface area contributed by atoms with Gasteiger partial charge in [-0.3, -0.25) is 9.69 Å². The summed E-state index contributed by atoms with van der Waals surface area (Å²) in [5.41, 5.74) is 0. The molecule has 1 aromatic heterocycles. The van der Waals surface area contributed by atoms with Gasteiger partial charge >= 0.3 is 0 Å². The molecule has 112 valence electrons. The van der Waals surface area contributed by atoms with E-state index >= 15 is 0 Å². The summed E-state index contributed by atoms with van der Waals surface area (Å²) in [5.74, 6) is 0.275. The molecule has 1 N–H and O–H groups in total. The maximum atomic E-state index is 11.9. The van der Waals surface area contributed by atoms with Gasteiger partial charge in [-0.1, -0.05) is 6.07 Å². The molecule has 5 heteroatoms. The minimum absolute atomic E-state index is 0.245. The predicted octanol–water partition coefficient (Wildman–Crippen LogP) is 1.71. The van der Waals surface area contributed by atoms with E-state index < -0.39 is 0 Å². The first-order valence-corrected chi connectivity index (χ1v) is 8.30.